The van der Waals surface area contributed by atoms with Crippen LogP contribution in [0.2, 0.25) is 0 Å². The Morgan fingerprint density at radius 2 is 1.77 bits per heavy atom. The van der Waals surface area contributed by atoms with Gasteiger partial charge in [0.15, 0.2) is 0 Å². The van der Waals surface area contributed by atoms with E-state index in [1.54, 1.807) is 0 Å². The van der Waals surface area contributed by atoms with Gasteiger partial charge < -0.3 is 10.1 Å². The minimum atomic E-state index is -0.346. The van der Waals surface area contributed by atoms with Gasteiger partial charge >= 0.3 is 5.97 Å². The van der Waals surface area contributed by atoms with E-state index in [2.05, 4.69) is 21.2 Å². The second-order valence-corrected chi connectivity index (χ2v) is 5.92. The third-order valence-corrected chi connectivity index (χ3v) is 3.85. The topological polar surface area (TPSA) is 38.3 Å². The number of esters is 1. The molecule has 0 spiro atoms. The molecule has 0 bridgehead atoms. The second-order valence-electron chi connectivity index (χ2n) is 5.00. The maximum absolute atomic E-state index is 12.1. The van der Waals surface area contributed by atoms with Crippen LogP contribution in [-0.2, 0) is 22.5 Å². The number of hydrogen-bond acceptors (Lipinski definition) is 3. The van der Waals surface area contributed by atoms with Crippen molar-refractivity contribution in [1.82, 2.24) is 5.32 Å². The summed E-state index contributed by atoms with van der Waals surface area (Å²) in [5.41, 5.74) is 2.24. The van der Waals surface area contributed by atoms with Crippen LogP contribution in [0.3, 0.4) is 0 Å². The molecule has 0 saturated carbocycles. The number of carbonyl (C=O) groups is 1. The smallest absolute Gasteiger partial charge is 0.323 e. The lowest BCUT2D eigenvalue weighted by atomic mass is 10.1. The lowest BCUT2D eigenvalue weighted by Gasteiger charge is -2.17. The molecular weight excluding hydrogens is 342 g/mol. The second kappa shape index (κ2) is 8.71. The van der Waals surface area contributed by atoms with Crippen LogP contribution in [0.1, 0.15) is 18.1 Å². The maximum Gasteiger partial charge on any atom is 0.323 e. The average molecular weight is 362 g/mol. The molecule has 0 amide bonds. The molecular formula is C18H20BrNO2. The van der Waals surface area contributed by atoms with Crippen molar-refractivity contribution in [3.8, 4) is 0 Å². The quantitative estimate of drug-likeness (QED) is 0.763. The fraction of sp³-hybridized carbons (Fsp3) is 0.278. The molecule has 0 aliphatic heterocycles. The van der Waals surface area contributed by atoms with Gasteiger partial charge in [-0.05, 0) is 36.6 Å². The molecule has 116 valence electrons. The number of carbonyl (C=O) groups excluding carboxylic acids is 1. The molecule has 0 fully saturated rings. The van der Waals surface area contributed by atoms with E-state index < -0.39 is 0 Å². The van der Waals surface area contributed by atoms with Gasteiger partial charge in [-0.25, -0.2) is 0 Å². The number of hydrogen-bond donors (Lipinski definition) is 1. The summed E-state index contributed by atoms with van der Waals surface area (Å²) in [5, 5.41) is 3.30. The standard InChI is InChI=1S/C18H20BrNO2/c1-2-22-18(21)17(12-14-8-10-16(19)11-9-14)20-13-15-6-4-3-5-7-15/h3-11,17,20H,2,12-13H2,1H3. The molecule has 0 heterocycles. The van der Waals surface area contributed by atoms with E-state index in [1.165, 1.54) is 0 Å². The number of benzene rings is 2. The highest BCUT2D eigenvalue weighted by atomic mass is 79.9. The van der Waals surface area contributed by atoms with Crippen LogP contribution in [0.4, 0.5) is 0 Å². The third kappa shape index (κ3) is 5.28. The maximum atomic E-state index is 12.1. The predicted octanol–water partition coefficient (Wildman–Crippen LogP) is 3.71. The Labute approximate surface area is 139 Å². The van der Waals surface area contributed by atoms with Gasteiger partial charge in [-0.1, -0.05) is 58.4 Å². The minimum absolute atomic E-state index is 0.207. The van der Waals surface area contributed by atoms with E-state index in [4.69, 9.17) is 4.74 Å². The van der Waals surface area contributed by atoms with Gasteiger partial charge in [0, 0.05) is 11.0 Å². The van der Waals surface area contributed by atoms with Gasteiger partial charge in [-0.3, -0.25) is 4.79 Å². The van der Waals surface area contributed by atoms with Crippen molar-refractivity contribution in [3.63, 3.8) is 0 Å². The first-order valence-corrected chi connectivity index (χ1v) is 8.16. The minimum Gasteiger partial charge on any atom is -0.465 e. The number of rotatable bonds is 7. The van der Waals surface area contributed by atoms with Crippen LogP contribution in [-0.4, -0.2) is 18.6 Å². The van der Waals surface area contributed by atoms with E-state index >= 15 is 0 Å². The van der Waals surface area contributed by atoms with Crippen LogP contribution >= 0.6 is 15.9 Å². The highest BCUT2D eigenvalue weighted by Gasteiger charge is 2.19. The zero-order valence-electron chi connectivity index (χ0n) is 12.6. The van der Waals surface area contributed by atoms with E-state index in [0.29, 0.717) is 19.6 Å². The molecule has 4 heteroatoms. The largest absolute Gasteiger partial charge is 0.465 e. The van der Waals surface area contributed by atoms with Crippen molar-refractivity contribution in [1.29, 1.82) is 0 Å². The van der Waals surface area contributed by atoms with Crippen LogP contribution in [0, 0.1) is 0 Å². The Balaban J connectivity index is 2.02. The summed E-state index contributed by atoms with van der Waals surface area (Å²) in [4.78, 5) is 12.1. The number of ether oxygens (including phenoxy) is 1. The molecule has 0 radical (unpaired) electrons. The van der Waals surface area contributed by atoms with Crippen molar-refractivity contribution in [2.75, 3.05) is 6.61 Å². The molecule has 1 N–H and O–H groups in total. The summed E-state index contributed by atoms with van der Waals surface area (Å²) in [7, 11) is 0. The summed E-state index contributed by atoms with van der Waals surface area (Å²) >= 11 is 3.42. The van der Waals surface area contributed by atoms with Gasteiger partial charge in [0.25, 0.3) is 0 Å². The summed E-state index contributed by atoms with van der Waals surface area (Å²) in [6.07, 6.45) is 0.610. The summed E-state index contributed by atoms with van der Waals surface area (Å²) in [5.74, 6) is -0.207. The average Bonchev–Trinajstić information content (AvgIpc) is 2.54. The van der Waals surface area contributed by atoms with Gasteiger partial charge in [0.05, 0.1) is 6.61 Å². The van der Waals surface area contributed by atoms with Crippen LogP contribution < -0.4 is 5.32 Å². The highest BCUT2D eigenvalue weighted by Crippen LogP contribution is 2.13. The highest BCUT2D eigenvalue weighted by molar-refractivity contribution is 9.10. The summed E-state index contributed by atoms with van der Waals surface area (Å²) < 4.78 is 6.21. The van der Waals surface area contributed by atoms with Gasteiger partial charge in [0.2, 0.25) is 0 Å². The Morgan fingerprint density at radius 3 is 2.41 bits per heavy atom. The molecule has 2 aromatic carbocycles. The van der Waals surface area contributed by atoms with Gasteiger partial charge in [-0.2, -0.15) is 0 Å². The zero-order valence-corrected chi connectivity index (χ0v) is 14.2. The summed E-state index contributed by atoms with van der Waals surface area (Å²) in [6.45, 7) is 2.86. The Kier molecular flexibility index (Phi) is 6.62. The van der Waals surface area contributed by atoms with Gasteiger partial charge in [-0.15, -0.1) is 0 Å². The summed E-state index contributed by atoms with van der Waals surface area (Å²) in [6, 6.07) is 17.7. The molecule has 0 saturated heterocycles. The third-order valence-electron chi connectivity index (χ3n) is 3.32. The van der Waals surface area contributed by atoms with Crippen molar-refractivity contribution >= 4 is 21.9 Å². The Hall–Kier alpha value is -1.65. The lowest BCUT2D eigenvalue weighted by molar-refractivity contribution is -0.145. The predicted molar refractivity (Wildman–Crippen MR) is 91.5 cm³/mol. The number of halogens is 1. The van der Waals surface area contributed by atoms with Crippen LogP contribution in [0.25, 0.3) is 0 Å². The SMILES string of the molecule is CCOC(=O)C(Cc1ccc(Br)cc1)NCc1ccccc1. The fourth-order valence-electron chi connectivity index (χ4n) is 2.17. The molecule has 0 aliphatic carbocycles. The Morgan fingerprint density at radius 1 is 1.09 bits per heavy atom. The molecule has 0 aromatic heterocycles. The zero-order chi connectivity index (χ0) is 15.8. The monoisotopic (exact) mass is 361 g/mol. The van der Waals surface area contributed by atoms with E-state index in [9.17, 15) is 4.79 Å². The molecule has 3 nitrogen and oxygen atoms in total. The van der Waals surface area contributed by atoms with Crippen molar-refractivity contribution in [2.24, 2.45) is 0 Å². The van der Waals surface area contributed by atoms with E-state index in [-0.39, 0.29) is 12.0 Å². The molecule has 0 aliphatic rings. The van der Waals surface area contributed by atoms with Crippen molar-refractivity contribution < 1.29 is 9.53 Å². The first kappa shape index (κ1) is 16.7. The lowest BCUT2D eigenvalue weighted by Crippen LogP contribution is -2.39. The van der Waals surface area contributed by atoms with Crippen molar-refractivity contribution in [3.05, 3.63) is 70.2 Å². The Bertz CT molecular complexity index is 584. The molecule has 1 unspecified atom stereocenters. The first-order chi connectivity index (χ1) is 10.7. The van der Waals surface area contributed by atoms with Crippen molar-refractivity contribution in [2.45, 2.75) is 25.9 Å². The van der Waals surface area contributed by atoms with E-state index in [1.807, 2.05) is 61.5 Å². The normalized spacial score (nSPS) is 11.9. The van der Waals surface area contributed by atoms with Gasteiger partial charge in [0.1, 0.15) is 6.04 Å². The fourth-order valence-corrected chi connectivity index (χ4v) is 2.44. The first-order valence-electron chi connectivity index (χ1n) is 7.37. The molecule has 2 aromatic rings. The van der Waals surface area contributed by atoms with Crippen LogP contribution in [0.15, 0.2) is 59.1 Å². The number of nitrogens with one attached hydrogen (secondary N) is 1. The molecule has 22 heavy (non-hydrogen) atoms. The van der Waals surface area contributed by atoms with E-state index in [0.717, 1.165) is 15.6 Å². The molecule has 1 atom stereocenters. The van der Waals surface area contributed by atoms with Crippen LogP contribution in [0.5, 0.6) is 0 Å². The molecule has 2 rings (SSSR count).